The van der Waals surface area contributed by atoms with Gasteiger partial charge in [-0.1, -0.05) is 84.1 Å². The first-order chi connectivity index (χ1) is 17.1. The fraction of sp³-hybridized carbons (Fsp3) is 0.143. The van der Waals surface area contributed by atoms with Gasteiger partial charge >= 0.3 is 0 Å². The molecule has 1 saturated heterocycles. The molecular weight excluding hydrogens is 458 g/mol. The second-order valence-corrected chi connectivity index (χ2v) is 9.33. The van der Waals surface area contributed by atoms with Gasteiger partial charge in [0.2, 0.25) is 11.7 Å². The van der Waals surface area contributed by atoms with E-state index in [0.29, 0.717) is 39.8 Å². The van der Waals surface area contributed by atoms with Crippen molar-refractivity contribution in [2.24, 2.45) is 0 Å². The van der Waals surface area contributed by atoms with Gasteiger partial charge in [0, 0.05) is 36.2 Å². The van der Waals surface area contributed by atoms with Crippen LogP contribution in [0.1, 0.15) is 44.0 Å². The quantitative estimate of drug-likeness (QED) is 0.358. The van der Waals surface area contributed by atoms with E-state index >= 15 is 0 Å². The van der Waals surface area contributed by atoms with Crippen LogP contribution in [0, 0.1) is 0 Å². The maximum atomic E-state index is 13.2. The Morgan fingerprint density at radius 2 is 1.57 bits per heavy atom. The third-order valence-electron chi connectivity index (χ3n) is 5.90. The molecule has 6 nitrogen and oxygen atoms in total. The smallest absolute Gasteiger partial charge is 0.257 e. The van der Waals surface area contributed by atoms with E-state index in [1.165, 1.54) is 11.3 Å². The van der Waals surface area contributed by atoms with Crippen LogP contribution in [-0.4, -0.2) is 34.0 Å². The molecule has 1 N–H and O–H groups in total. The summed E-state index contributed by atoms with van der Waals surface area (Å²) in [6, 6.07) is 25.7. The Kier molecular flexibility index (Phi) is 6.50. The Balaban J connectivity index is 1.37. The number of thiazole rings is 1. The molecule has 0 unspecified atom stereocenters. The number of amides is 2. The lowest BCUT2D eigenvalue weighted by molar-refractivity contribution is -0.128. The van der Waals surface area contributed by atoms with Crippen molar-refractivity contribution in [3.63, 3.8) is 0 Å². The largest absolute Gasteiger partial charge is 0.338 e. The van der Waals surface area contributed by atoms with Crippen LogP contribution in [0.4, 0.5) is 5.13 Å². The summed E-state index contributed by atoms with van der Waals surface area (Å²) in [4.78, 5) is 44.9. The van der Waals surface area contributed by atoms with Gasteiger partial charge in [-0.05, 0) is 24.1 Å². The molecule has 0 bridgehead atoms. The third kappa shape index (κ3) is 5.05. The van der Waals surface area contributed by atoms with Crippen LogP contribution in [0.3, 0.4) is 0 Å². The number of hydrogen-bond donors (Lipinski definition) is 1. The van der Waals surface area contributed by atoms with Crippen LogP contribution < -0.4 is 5.32 Å². The van der Waals surface area contributed by atoms with E-state index in [1.807, 2.05) is 65.6 Å². The van der Waals surface area contributed by atoms with Gasteiger partial charge in [-0.25, -0.2) is 4.98 Å². The fourth-order valence-corrected chi connectivity index (χ4v) is 5.01. The van der Waals surface area contributed by atoms with Crippen molar-refractivity contribution in [3.05, 3.63) is 106 Å². The molecule has 2 amide bonds. The number of aromatic nitrogens is 1. The molecule has 0 spiro atoms. The predicted molar refractivity (Wildman–Crippen MR) is 136 cm³/mol. The molecule has 1 fully saturated rings. The Hall–Kier alpha value is -4.10. The number of likely N-dealkylation sites (tertiary alicyclic amines) is 1. The normalized spacial score (nSPS) is 13.1. The average molecular weight is 482 g/mol. The van der Waals surface area contributed by atoms with Crippen molar-refractivity contribution in [2.45, 2.75) is 19.4 Å². The minimum atomic E-state index is -0.305. The first-order valence-corrected chi connectivity index (χ1v) is 12.2. The number of nitrogens with one attached hydrogen (secondary N) is 1. The molecule has 0 saturated carbocycles. The highest BCUT2D eigenvalue weighted by atomic mass is 32.1. The highest BCUT2D eigenvalue weighted by Crippen LogP contribution is 2.33. The lowest BCUT2D eigenvalue weighted by Gasteiger charge is -2.15. The van der Waals surface area contributed by atoms with E-state index in [0.717, 1.165) is 24.1 Å². The zero-order chi connectivity index (χ0) is 24.2. The molecule has 174 valence electrons. The van der Waals surface area contributed by atoms with E-state index in [9.17, 15) is 14.4 Å². The van der Waals surface area contributed by atoms with Crippen molar-refractivity contribution in [1.82, 2.24) is 9.88 Å². The number of ketones is 1. The Bertz CT molecular complexity index is 1370. The van der Waals surface area contributed by atoms with Crippen molar-refractivity contribution in [1.29, 1.82) is 0 Å². The lowest BCUT2D eigenvalue weighted by atomic mass is 10.1. The van der Waals surface area contributed by atoms with Crippen molar-refractivity contribution >= 4 is 34.1 Å². The van der Waals surface area contributed by atoms with E-state index < -0.39 is 0 Å². The summed E-state index contributed by atoms with van der Waals surface area (Å²) < 4.78 is 0. The van der Waals surface area contributed by atoms with Crippen molar-refractivity contribution in [2.75, 3.05) is 11.9 Å². The highest BCUT2D eigenvalue weighted by Gasteiger charge is 2.22. The summed E-state index contributed by atoms with van der Waals surface area (Å²) in [6.07, 6.45) is 1.50. The number of carbonyl (C=O) groups is 3. The van der Waals surface area contributed by atoms with Crippen molar-refractivity contribution < 1.29 is 14.4 Å². The standard InChI is InChI=1S/C28H23N3O3S/c32-23-12-7-17-31(23)18-19-13-15-22(16-14-19)27(34)30-28-29-24(20-8-3-1-4-9-20)26(35-28)25(33)21-10-5-2-6-11-21/h1-6,8-11,13-16H,7,12,17-18H2,(H,29,30,34). The first-order valence-electron chi connectivity index (χ1n) is 11.4. The summed E-state index contributed by atoms with van der Waals surface area (Å²) in [5.74, 6) is -0.269. The van der Waals surface area contributed by atoms with Crippen LogP contribution in [0.15, 0.2) is 84.9 Å². The van der Waals surface area contributed by atoms with Crippen LogP contribution in [0.25, 0.3) is 11.3 Å². The van der Waals surface area contributed by atoms with Gasteiger partial charge in [0.25, 0.3) is 5.91 Å². The second-order valence-electron chi connectivity index (χ2n) is 8.33. The minimum Gasteiger partial charge on any atom is -0.338 e. The summed E-state index contributed by atoms with van der Waals surface area (Å²) in [5, 5.41) is 3.21. The van der Waals surface area contributed by atoms with Gasteiger partial charge in [0.15, 0.2) is 5.13 Å². The zero-order valence-electron chi connectivity index (χ0n) is 18.9. The maximum absolute atomic E-state index is 13.2. The number of rotatable bonds is 7. The van der Waals surface area contributed by atoms with Gasteiger partial charge in [-0.3, -0.25) is 19.7 Å². The van der Waals surface area contributed by atoms with Gasteiger partial charge in [-0.2, -0.15) is 0 Å². The molecule has 1 aromatic heterocycles. The molecule has 0 aliphatic carbocycles. The first kappa shape index (κ1) is 22.7. The Labute approximate surface area is 207 Å². The number of hydrogen-bond acceptors (Lipinski definition) is 5. The van der Waals surface area contributed by atoms with Gasteiger partial charge in [0.05, 0.1) is 5.69 Å². The molecule has 1 aliphatic heterocycles. The van der Waals surface area contributed by atoms with Crippen LogP contribution in [-0.2, 0) is 11.3 Å². The molecule has 1 aliphatic rings. The molecule has 4 aromatic rings. The molecule has 5 rings (SSSR count). The average Bonchev–Trinajstić information content (AvgIpc) is 3.51. The number of carbonyl (C=O) groups excluding carboxylic acids is 3. The summed E-state index contributed by atoms with van der Waals surface area (Å²) >= 11 is 1.17. The summed E-state index contributed by atoms with van der Waals surface area (Å²) in [6.45, 7) is 1.33. The number of benzene rings is 3. The zero-order valence-corrected chi connectivity index (χ0v) is 19.8. The Morgan fingerprint density at radius 3 is 2.23 bits per heavy atom. The third-order valence-corrected chi connectivity index (χ3v) is 6.87. The molecule has 7 heteroatoms. The molecular formula is C28H23N3O3S. The maximum Gasteiger partial charge on any atom is 0.257 e. The van der Waals surface area contributed by atoms with Gasteiger partial charge in [0.1, 0.15) is 4.88 Å². The highest BCUT2D eigenvalue weighted by molar-refractivity contribution is 7.18. The molecule has 0 radical (unpaired) electrons. The molecule has 3 aromatic carbocycles. The summed E-state index contributed by atoms with van der Waals surface area (Å²) in [5.41, 5.74) is 3.38. The van der Waals surface area contributed by atoms with Crippen LogP contribution >= 0.6 is 11.3 Å². The molecule has 35 heavy (non-hydrogen) atoms. The van der Waals surface area contributed by atoms with Crippen LogP contribution in [0.5, 0.6) is 0 Å². The minimum absolute atomic E-state index is 0.136. The van der Waals surface area contributed by atoms with E-state index in [1.54, 1.807) is 24.3 Å². The molecule has 0 atom stereocenters. The van der Waals surface area contributed by atoms with Gasteiger partial charge < -0.3 is 4.90 Å². The van der Waals surface area contributed by atoms with Crippen LogP contribution in [0.2, 0.25) is 0 Å². The predicted octanol–water partition coefficient (Wildman–Crippen LogP) is 5.42. The summed E-state index contributed by atoms with van der Waals surface area (Å²) in [7, 11) is 0. The fourth-order valence-electron chi connectivity index (χ4n) is 4.06. The molecule has 2 heterocycles. The van der Waals surface area contributed by atoms with E-state index in [-0.39, 0.29) is 17.6 Å². The second kappa shape index (κ2) is 10.0. The van der Waals surface area contributed by atoms with Crippen molar-refractivity contribution in [3.8, 4) is 11.3 Å². The number of anilines is 1. The number of nitrogens with zero attached hydrogens (tertiary/aromatic N) is 2. The van der Waals surface area contributed by atoms with E-state index in [4.69, 9.17) is 0 Å². The monoisotopic (exact) mass is 481 g/mol. The lowest BCUT2D eigenvalue weighted by Crippen LogP contribution is -2.23. The van der Waals surface area contributed by atoms with Gasteiger partial charge in [-0.15, -0.1) is 0 Å². The topological polar surface area (TPSA) is 79.4 Å². The van der Waals surface area contributed by atoms with E-state index in [2.05, 4.69) is 10.3 Å². The SMILES string of the molecule is O=C(Nc1nc(-c2ccccc2)c(C(=O)c2ccccc2)s1)c1ccc(CN2CCCC2=O)cc1. The Morgan fingerprint density at radius 1 is 0.886 bits per heavy atom.